The lowest BCUT2D eigenvalue weighted by atomic mass is 10.0. The summed E-state index contributed by atoms with van der Waals surface area (Å²) < 4.78 is 69.4. The van der Waals surface area contributed by atoms with Crippen LogP contribution in [0.4, 0.5) is 31.7 Å². The van der Waals surface area contributed by atoms with E-state index in [0.717, 1.165) is 26.7 Å². The van der Waals surface area contributed by atoms with Gasteiger partial charge in [0, 0.05) is 35.8 Å². The predicted molar refractivity (Wildman–Crippen MR) is 247 cm³/mol. The number of nitrogens with zero attached hydrogens (tertiary/aromatic N) is 5. The fourth-order valence-electron chi connectivity index (χ4n) is 7.25. The number of hydrogen-bond acceptors (Lipinski definition) is 16. The van der Waals surface area contributed by atoms with Crippen LogP contribution in [0, 0.1) is 0 Å². The summed E-state index contributed by atoms with van der Waals surface area (Å²) in [4.78, 5) is 49.8. The standard InChI is InChI=1S/C28H28N3O9P.C17H18BrN2O5P/c1-41(35,37-15-18-5-3-2-4-6-18)38-16-21-13-30(27(33)39-21)26-10-8-20(12-29-26)19-7-9-22-24(11-19)36-17-23-25(14-32)40-28(34)31(22)23;1-26(22,23-11-13-5-3-2-4-6-13)24-12-15-10-20(17(21)25-15)16-8-7-14(18)9-19-16/h2-12,21,23,25,32H,13-17H2,1H3;2-9,15H,10-12H2,1H3/t21?,23-,25-,41?;/m0./s1. The fraction of sp³-hybridized carbons (Fsp3) is 0.311. The van der Waals surface area contributed by atoms with E-state index in [1.165, 1.54) is 28.0 Å². The van der Waals surface area contributed by atoms with Crippen LogP contribution in [0.5, 0.6) is 5.75 Å². The Bertz CT molecular complexity index is 2640. The number of aliphatic hydroxyl groups excluding tert-OH is 1. The van der Waals surface area contributed by atoms with Crippen LogP contribution in [-0.2, 0) is 54.6 Å². The average Bonchev–Trinajstić information content (AvgIpc) is 4.03. The predicted octanol–water partition coefficient (Wildman–Crippen LogP) is 8.43. The van der Waals surface area contributed by atoms with Gasteiger partial charge in [-0.25, -0.2) is 24.4 Å². The highest BCUT2D eigenvalue weighted by molar-refractivity contribution is 9.10. The van der Waals surface area contributed by atoms with Crippen LogP contribution in [0.25, 0.3) is 11.1 Å². The molecule has 352 valence electrons. The Morgan fingerprint density at radius 1 is 0.672 bits per heavy atom. The van der Waals surface area contributed by atoms with Crippen molar-refractivity contribution in [3.8, 4) is 16.9 Å². The molecule has 0 radical (unpaired) electrons. The molecule has 0 bridgehead atoms. The summed E-state index contributed by atoms with van der Waals surface area (Å²) in [6, 6.07) is 30.8. The molecular formula is C45H46BrN5O14P2. The van der Waals surface area contributed by atoms with Crippen molar-refractivity contribution in [3.05, 3.63) is 131 Å². The van der Waals surface area contributed by atoms with E-state index in [1.807, 2.05) is 78.9 Å². The molecule has 3 aromatic carbocycles. The normalized spacial score (nSPS) is 21.4. The first-order valence-corrected chi connectivity index (χ1v) is 25.7. The first-order chi connectivity index (χ1) is 32.2. The summed E-state index contributed by atoms with van der Waals surface area (Å²) in [5.74, 6) is 1.40. The smallest absolute Gasteiger partial charge is 0.416 e. The van der Waals surface area contributed by atoms with E-state index >= 15 is 0 Å². The first-order valence-electron chi connectivity index (χ1n) is 21.0. The Balaban J connectivity index is 0.000000202. The number of fused-ring (bicyclic) bond motifs is 3. The molecule has 5 aromatic rings. The Morgan fingerprint density at radius 2 is 1.21 bits per heavy atom. The van der Waals surface area contributed by atoms with E-state index in [9.17, 15) is 28.6 Å². The molecule has 3 amide bonds. The number of pyridine rings is 2. The molecule has 4 unspecified atom stereocenters. The minimum atomic E-state index is -3.36. The van der Waals surface area contributed by atoms with Gasteiger partial charge in [-0.05, 0) is 69.0 Å². The Hall–Kier alpha value is -5.69. The zero-order valence-electron chi connectivity index (χ0n) is 36.2. The summed E-state index contributed by atoms with van der Waals surface area (Å²) in [5.41, 5.74) is 3.92. The van der Waals surface area contributed by atoms with Crippen molar-refractivity contribution in [2.75, 3.05) is 67.5 Å². The van der Waals surface area contributed by atoms with E-state index < -0.39 is 51.8 Å². The zero-order chi connectivity index (χ0) is 47.1. The second-order valence-electron chi connectivity index (χ2n) is 15.7. The average molecular weight is 1020 g/mol. The molecule has 1 N–H and O–H groups in total. The summed E-state index contributed by atoms with van der Waals surface area (Å²) in [6.45, 7) is 3.41. The highest BCUT2D eigenvalue weighted by Gasteiger charge is 2.46. The minimum Gasteiger partial charge on any atom is -0.489 e. The van der Waals surface area contributed by atoms with Gasteiger partial charge in [-0.3, -0.25) is 23.8 Å². The van der Waals surface area contributed by atoms with Gasteiger partial charge in [0.1, 0.15) is 42.2 Å². The molecule has 9 rings (SSSR count). The molecule has 3 fully saturated rings. The molecule has 22 heteroatoms. The second kappa shape index (κ2) is 21.1. The number of carbonyl (C=O) groups is 3. The molecule has 67 heavy (non-hydrogen) atoms. The van der Waals surface area contributed by atoms with Crippen LogP contribution in [0.1, 0.15) is 11.1 Å². The van der Waals surface area contributed by atoms with Crippen molar-refractivity contribution in [3.63, 3.8) is 0 Å². The molecule has 0 saturated carbocycles. The topological polar surface area (TPSA) is 215 Å². The third-order valence-corrected chi connectivity index (χ3v) is 13.6. The Kier molecular flexibility index (Phi) is 15.0. The van der Waals surface area contributed by atoms with E-state index in [4.69, 9.17) is 37.0 Å². The van der Waals surface area contributed by atoms with E-state index in [1.54, 1.807) is 36.7 Å². The zero-order valence-corrected chi connectivity index (χ0v) is 39.6. The molecule has 0 aliphatic carbocycles. The number of halogens is 1. The largest absolute Gasteiger partial charge is 0.489 e. The van der Waals surface area contributed by atoms with Crippen molar-refractivity contribution in [2.24, 2.45) is 0 Å². The van der Waals surface area contributed by atoms with Crippen molar-refractivity contribution < 1.29 is 65.7 Å². The van der Waals surface area contributed by atoms with Gasteiger partial charge in [-0.2, -0.15) is 0 Å². The van der Waals surface area contributed by atoms with Gasteiger partial charge < -0.3 is 42.1 Å². The molecule has 0 spiro atoms. The molecule has 4 aliphatic rings. The van der Waals surface area contributed by atoms with Gasteiger partial charge in [0.15, 0.2) is 6.10 Å². The molecule has 6 heterocycles. The Labute approximate surface area is 394 Å². The number of aromatic nitrogens is 2. The molecular weight excluding hydrogens is 976 g/mol. The highest BCUT2D eigenvalue weighted by Crippen LogP contribution is 2.46. The summed E-state index contributed by atoms with van der Waals surface area (Å²) in [6.07, 6.45) is -0.179. The van der Waals surface area contributed by atoms with Crippen molar-refractivity contribution in [1.82, 2.24) is 9.97 Å². The van der Waals surface area contributed by atoms with Crippen LogP contribution < -0.4 is 19.4 Å². The number of carbonyl (C=O) groups excluding carboxylic acids is 3. The summed E-state index contributed by atoms with van der Waals surface area (Å²) in [5, 5.41) is 9.49. The van der Waals surface area contributed by atoms with Gasteiger partial charge in [0.25, 0.3) is 0 Å². The monoisotopic (exact) mass is 1020 g/mol. The number of ether oxygens (including phenoxy) is 4. The highest BCUT2D eigenvalue weighted by atomic mass is 79.9. The van der Waals surface area contributed by atoms with Gasteiger partial charge in [-0.1, -0.05) is 66.7 Å². The lowest BCUT2D eigenvalue weighted by Gasteiger charge is -2.31. The number of benzene rings is 3. The third kappa shape index (κ3) is 12.1. The number of amides is 3. The van der Waals surface area contributed by atoms with Crippen molar-refractivity contribution in [2.45, 2.75) is 37.6 Å². The number of hydrogen-bond donors (Lipinski definition) is 1. The maximum atomic E-state index is 12.7. The van der Waals surface area contributed by atoms with Crippen LogP contribution in [0.15, 0.2) is 120 Å². The lowest BCUT2D eigenvalue weighted by molar-refractivity contribution is 0.0734. The lowest BCUT2D eigenvalue weighted by Crippen LogP contribution is -2.45. The number of rotatable bonds is 16. The molecule has 19 nitrogen and oxygen atoms in total. The van der Waals surface area contributed by atoms with E-state index in [0.29, 0.717) is 23.1 Å². The molecule has 3 saturated heterocycles. The fourth-order valence-corrected chi connectivity index (χ4v) is 9.27. The minimum absolute atomic E-state index is 0.0126. The van der Waals surface area contributed by atoms with E-state index in [-0.39, 0.29) is 58.8 Å². The van der Waals surface area contributed by atoms with Crippen LogP contribution in [0.2, 0.25) is 0 Å². The summed E-state index contributed by atoms with van der Waals surface area (Å²) >= 11 is 3.30. The second-order valence-corrected chi connectivity index (χ2v) is 20.7. The maximum Gasteiger partial charge on any atom is 0.416 e. The first kappa shape index (κ1) is 47.8. The van der Waals surface area contributed by atoms with Crippen LogP contribution in [-0.4, -0.2) is 111 Å². The van der Waals surface area contributed by atoms with Gasteiger partial charge in [-0.15, -0.1) is 0 Å². The van der Waals surface area contributed by atoms with Crippen LogP contribution >= 0.6 is 31.1 Å². The SMILES string of the molecule is CP(=O)(OCc1ccccc1)OCC1CN(c2ccc(-c3ccc4c(c3)OC[C@H]3[C@H](CO)OC(=O)N43)cn2)C(=O)O1.CP(=O)(OCc1ccccc1)OCC1CN(c2ccc(Br)cn2)C(=O)O1. The molecule has 4 aliphatic heterocycles. The molecule has 2 aromatic heterocycles. The van der Waals surface area contributed by atoms with Gasteiger partial charge >= 0.3 is 33.5 Å². The van der Waals surface area contributed by atoms with Crippen LogP contribution in [0.3, 0.4) is 0 Å². The van der Waals surface area contributed by atoms with E-state index in [2.05, 4.69) is 25.9 Å². The summed E-state index contributed by atoms with van der Waals surface area (Å²) in [7, 11) is -6.62. The Morgan fingerprint density at radius 3 is 1.72 bits per heavy atom. The van der Waals surface area contributed by atoms with Gasteiger partial charge in [0.2, 0.25) is 0 Å². The maximum absolute atomic E-state index is 12.7. The quantitative estimate of drug-likeness (QED) is 0.0725. The number of aliphatic hydroxyl groups is 1. The van der Waals surface area contributed by atoms with Crippen molar-refractivity contribution >= 4 is 66.7 Å². The number of cyclic esters (lactones) is 3. The number of anilines is 3. The van der Waals surface area contributed by atoms with Crippen molar-refractivity contribution in [1.29, 1.82) is 0 Å². The third-order valence-electron chi connectivity index (χ3n) is 10.7. The molecule has 6 atom stereocenters. The van der Waals surface area contributed by atoms with Gasteiger partial charge in [0.05, 0.1) is 51.8 Å².